The minimum atomic E-state index is -0.0350. The molecular weight excluding hydrogens is 318 g/mol. The molecule has 126 valence electrons. The van der Waals surface area contributed by atoms with E-state index in [2.05, 4.69) is 6.92 Å². The van der Waals surface area contributed by atoms with Crippen LogP contribution in [0, 0.1) is 5.92 Å². The molecule has 0 radical (unpaired) electrons. The summed E-state index contributed by atoms with van der Waals surface area (Å²) in [5.41, 5.74) is 1.82. The van der Waals surface area contributed by atoms with Crippen LogP contribution in [0.25, 0.3) is 0 Å². The lowest BCUT2D eigenvalue weighted by Crippen LogP contribution is -2.42. The second kappa shape index (κ2) is 7.75. The molecule has 1 aliphatic rings. The van der Waals surface area contributed by atoms with Crippen molar-refractivity contribution in [1.82, 2.24) is 4.90 Å². The highest BCUT2D eigenvalue weighted by Crippen LogP contribution is 2.23. The fourth-order valence-electron chi connectivity index (χ4n) is 3.23. The van der Waals surface area contributed by atoms with Crippen molar-refractivity contribution in [2.45, 2.75) is 32.6 Å². The number of hydrogen-bond acceptors (Lipinski definition) is 3. The van der Waals surface area contributed by atoms with Crippen molar-refractivity contribution in [1.29, 1.82) is 0 Å². The molecule has 1 aromatic heterocycles. The summed E-state index contributed by atoms with van der Waals surface area (Å²) in [4.78, 5) is 28.4. The van der Waals surface area contributed by atoms with Gasteiger partial charge in [0.15, 0.2) is 0 Å². The van der Waals surface area contributed by atoms with E-state index in [1.54, 1.807) is 11.3 Å². The fraction of sp³-hybridized carbons (Fsp3) is 0.400. The standard InChI is InChI=1S/C20H23NO2S/c1-2-18-12-17(14-24-18)20(23)21-10-6-9-16(13-21)19(22)11-15-7-4-3-5-8-15/h3-5,7-8,12,14,16H,2,6,9-11,13H2,1H3/t16-/m0/s1. The summed E-state index contributed by atoms with van der Waals surface area (Å²) in [6.07, 6.45) is 3.21. The number of aryl methyl sites for hydroxylation is 1. The maximum absolute atomic E-state index is 12.7. The molecule has 1 fully saturated rings. The number of nitrogens with zero attached hydrogens (tertiary/aromatic N) is 1. The Hall–Kier alpha value is -1.94. The number of ketones is 1. The van der Waals surface area contributed by atoms with Crippen LogP contribution in [0.3, 0.4) is 0 Å². The zero-order chi connectivity index (χ0) is 16.9. The van der Waals surface area contributed by atoms with Gasteiger partial charge in [0.2, 0.25) is 0 Å². The number of hydrogen-bond donors (Lipinski definition) is 0. The third kappa shape index (κ3) is 3.93. The summed E-state index contributed by atoms with van der Waals surface area (Å²) in [5, 5.41) is 1.94. The summed E-state index contributed by atoms with van der Waals surface area (Å²) in [7, 11) is 0. The highest BCUT2D eigenvalue weighted by Gasteiger charge is 2.29. The second-order valence-electron chi connectivity index (χ2n) is 6.37. The van der Waals surface area contributed by atoms with Crippen LogP contribution in [-0.2, 0) is 17.6 Å². The molecule has 1 saturated heterocycles. The minimum Gasteiger partial charge on any atom is -0.338 e. The summed E-state index contributed by atoms with van der Waals surface area (Å²) in [6, 6.07) is 11.8. The Morgan fingerprint density at radius 3 is 2.75 bits per heavy atom. The Balaban J connectivity index is 1.63. The van der Waals surface area contributed by atoms with Crippen LogP contribution >= 0.6 is 11.3 Å². The molecule has 3 rings (SSSR count). The number of likely N-dealkylation sites (tertiary alicyclic amines) is 1. The van der Waals surface area contributed by atoms with Crippen LogP contribution in [0.4, 0.5) is 0 Å². The van der Waals surface area contributed by atoms with Crippen molar-refractivity contribution in [2.24, 2.45) is 5.92 Å². The molecule has 1 amide bonds. The van der Waals surface area contributed by atoms with Crippen molar-refractivity contribution in [3.8, 4) is 0 Å². The topological polar surface area (TPSA) is 37.4 Å². The average Bonchev–Trinajstić information content (AvgIpc) is 3.11. The molecule has 2 heterocycles. The van der Waals surface area contributed by atoms with Gasteiger partial charge in [0.1, 0.15) is 5.78 Å². The molecule has 1 aliphatic heterocycles. The molecule has 0 spiro atoms. The van der Waals surface area contributed by atoms with Crippen LogP contribution in [-0.4, -0.2) is 29.7 Å². The van der Waals surface area contributed by atoms with Crippen molar-refractivity contribution >= 4 is 23.0 Å². The van der Waals surface area contributed by atoms with Gasteiger partial charge >= 0.3 is 0 Å². The maximum Gasteiger partial charge on any atom is 0.254 e. The van der Waals surface area contributed by atoms with E-state index in [-0.39, 0.29) is 17.6 Å². The number of carbonyl (C=O) groups excluding carboxylic acids is 2. The second-order valence-corrected chi connectivity index (χ2v) is 7.37. The van der Waals surface area contributed by atoms with E-state index in [1.165, 1.54) is 4.88 Å². The summed E-state index contributed by atoms with van der Waals surface area (Å²) < 4.78 is 0. The van der Waals surface area contributed by atoms with Gasteiger partial charge in [0.25, 0.3) is 5.91 Å². The molecule has 0 saturated carbocycles. The predicted molar refractivity (Wildman–Crippen MR) is 97.5 cm³/mol. The molecular formula is C20H23NO2S. The maximum atomic E-state index is 12.7. The molecule has 2 aromatic rings. The van der Waals surface area contributed by atoms with E-state index < -0.39 is 0 Å². The zero-order valence-corrected chi connectivity index (χ0v) is 14.8. The van der Waals surface area contributed by atoms with E-state index in [4.69, 9.17) is 0 Å². The average molecular weight is 341 g/mol. The fourth-order valence-corrected chi connectivity index (χ4v) is 4.04. The number of carbonyl (C=O) groups is 2. The highest BCUT2D eigenvalue weighted by molar-refractivity contribution is 7.10. The van der Waals surface area contributed by atoms with Crippen LogP contribution < -0.4 is 0 Å². The first-order valence-corrected chi connectivity index (χ1v) is 9.48. The van der Waals surface area contributed by atoms with E-state index in [1.807, 2.05) is 46.7 Å². The SMILES string of the molecule is CCc1cc(C(=O)N2CCC[C@H](C(=O)Cc3ccccc3)C2)cs1. The summed E-state index contributed by atoms with van der Waals surface area (Å²) in [5.74, 6) is 0.286. The molecule has 1 atom stereocenters. The summed E-state index contributed by atoms with van der Waals surface area (Å²) in [6.45, 7) is 3.41. The first kappa shape index (κ1) is 16.9. The molecule has 0 aliphatic carbocycles. The summed E-state index contributed by atoms with van der Waals surface area (Å²) >= 11 is 1.64. The Morgan fingerprint density at radius 1 is 1.25 bits per heavy atom. The van der Waals surface area contributed by atoms with Crippen molar-refractivity contribution in [2.75, 3.05) is 13.1 Å². The number of Topliss-reactive ketones (excluding diaryl/α,β-unsaturated/α-hetero) is 1. The molecule has 4 heteroatoms. The van der Waals surface area contributed by atoms with Crippen LogP contribution in [0.5, 0.6) is 0 Å². The normalized spacial score (nSPS) is 17.7. The van der Waals surface area contributed by atoms with E-state index in [0.29, 0.717) is 13.0 Å². The van der Waals surface area contributed by atoms with Gasteiger partial charge in [-0.3, -0.25) is 9.59 Å². The number of rotatable bonds is 5. The van der Waals surface area contributed by atoms with Crippen molar-refractivity contribution in [3.05, 3.63) is 57.8 Å². The Labute approximate surface area is 147 Å². The number of benzene rings is 1. The van der Waals surface area contributed by atoms with Crippen LogP contribution in [0.15, 0.2) is 41.8 Å². The van der Waals surface area contributed by atoms with Crippen LogP contribution in [0.2, 0.25) is 0 Å². The minimum absolute atomic E-state index is 0.0350. The quantitative estimate of drug-likeness (QED) is 0.825. The van der Waals surface area contributed by atoms with Crippen molar-refractivity contribution < 1.29 is 9.59 Å². The Bertz CT molecular complexity index is 707. The molecule has 0 unspecified atom stereocenters. The van der Waals surface area contributed by atoms with Gasteiger partial charge in [-0.2, -0.15) is 0 Å². The third-order valence-corrected chi connectivity index (χ3v) is 5.72. The van der Waals surface area contributed by atoms with Gasteiger partial charge in [-0.05, 0) is 30.9 Å². The molecule has 3 nitrogen and oxygen atoms in total. The number of piperidine rings is 1. The lowest BCUT2D eigenvalue weighted by Gasteiger charge is -2.32. The highest BCUT2D eigenvalue weighted by atomic mass is 32.1. The third-order valence-electron chi connectivity index (χ3n) is 4.63. The van der Waals surface area contributed by atoms with Gasteiger partial charge in [0.05, 0.1) is 5.56 Å². The zero-order valence-electron chi connectivity index (χ0n) is 14.0. The largest absolute Gasteiger partial charge is 0.338 e. The van der Waals surface area contributed by atoms with Gasteiger partial charge in [-0.1, -0.05) is 37.3 Å². The van der Waals surface area contributed by atoms with Crippen molar-refractivity contribution in [3.63, 3.8) is 0 Å². The van der Waals surface area contributed by atoms with E-state index >= 15 is 0 Å². The molecule has 0 bridgehead atoms. The first-order chi connectivity index (χ1) is 11.7. The number of thiophene rings is 1. The van der Waals surface area contributed by atoms with Gasteiger partial charge in [-0.15, -0.1) is 11.3 Å². The Kier molecular flexibility index (Phi) is 5.46. The molecule has 24 heavy (non-hydrogen) atoms. The van der Waals surface area contributed by atoms with Gasteiger partial charge in [-0.25, -0.2) is 0 Å². The van der Waals surface area contributed by atoms with Gasteiger partial charge < -0.3 is 4.90 Å². The lowest BCUT2D eigenvalue weighted by molar-refractivity contribution is -0.123. The van der Waals surface area contributed by atoms with E-state index in [0.717, 1.165) is 36.9 Å². The lowest BCUT2D eigenvalue weighted by atomic mass is 9.90. The molecule has 0 N–H and O–H groups in total. The molecule has 1 aromatic carbocycles. The number of amides is 1. The van der Waals surface area contributed by atoms with Gasteiger partial charge in [0, 0.05) is 35.7 Å². The monoisotopic (exact) mass is 341 g/mol. The van der Waals surface area contributed by atoms with Crippen LogP contribution in [0.1, 0.15) is 40.6 Å². The Morgan fingerprint density at radius 2 is 2.04 bits per heavy atom. The van der Waals surface area contributed by atoms with E-state index in [9.17, 15) is 9.59 Å². The smallest absolute Gasteiger partial charge is 0.254 e. The predicted octanol–water partition coefficient (Wildman–Crippen LogP) is 3.97. The first-order valence-electron chi connectivity index (χ1n) is 8.60.